The lowest BCUT2D eigenvalue weighted by Crippen LogP contribution is -2.27. The lowest BCUT2D eigenvalue weighted by molar-refractivity contribution is 0.102. The Kier molecular flexibility index (Phi) is 6.63. The number of amides is 1. The monoisotopic (exact) mass is 472 g/mol. The Morgan fingerprint density at radius 1 is 1.09 bits per heavy atom. The summed E-state index contributed by atoms with van der Waals surface area (Å²) in [6.07, 6.45) is 1.74. The molecular weight excluding hydrogens is 448 g/mol. The quantitative estimate of drug-likeness (QED) is 0.512. The van der Waals surface area contributed by atoms with Crippen LogP contribution < -0.4 is 5.32 Å². The number of sulfonamides is 1. The first-order chi connectivity index (χ1) is 15.3. The average molecular weight is 473 g/mol. The molecule has 1 fully saturated rings. The molecule has 1 saturated heterocycles. The number of hydrogen-bond acceptors (Lipinski definition) is 7. The van der Waals surface area contributed by atoms with Crippen LogP contribution in [0.25, 0.3) is 11.5 Å². The minimum absolute atomic E-state index is 0.0271. The first-order valence-electron chi connectivity index (χ1n) is 10.3. The Morgan fingerprint density at radius 2 is 1.81 bits per heavy atom. The zero-order valence-corrected chi connectivity index (χ0v) is 19.4. The Morgan fingerprint density at radius 3 is 2.50 bits per heavy atom. The van der Waals surface area contributed by atoms with Crippen LogP contribution in [-0.4, -0.2) is 47.2 Å². The highest BCUT2D eigenvalue weighted by molar-refractivity contribution is 7.99. The van der Waals surface area contributed by atoms with Crippen molar-refractivity contribution in [1.29, 1.82) is 0 Å². The predicted octanol–water partition coefficient (Wildman–Crippen LogP) is 4.27. The summed E-state index contributed by atoms with van der Waals surface area (Å²) in [7, 11) is -3.52. The van der Waals surface area contributed by atoms with Crippen molar-refractivity contribution >= 4 is 33.7 Å². The minimum Gasteiger partial charge on any atom is -0.403 e. The van der Waals surface area contributed by atoms with E-state index in [1.807, 2.05) is 24.3 Å². The molecule has 1 aliphatic rings. The van der Waals surface area contributed by atoms with E-state index >= 15 is 0 Å². The van der Waals surface area contributed by atoms with Crippen molar-refractivity contribution in [2.24, 2.45) is 0 Å². The van der Waals surface area contributed by atoms with E-state index in [0.29, 0.717) is 29.8 Å². The highest BCUT2D eigenvalue weighted by atomic mass is 32.2. The van der Waals surface area contributed by atoms with Crippen LogP contribution in [0, 0.1) is 0 Å². The van der Waals surface area contributed by atoms with Gasteiger partial charge in [-0.25, -0.2) is 8.42 Å². The van der Waals surface area contributed by atoms with E-state index in [1.54, 1.807) is 11.8 Å². The van der Waals surface area contributed by atoms with E-state index in [1.165, 1.54) is 28.6 Å². The van der Waals surface area contributed by atoms with Gasteiger partial charge in [0, 0.05) is 34.4 Å². The summed E-state index contributed by atoms with van der Waals surface area (Å²) >= 11 is 1.73. The molecule has 1 N–H and O–H groups in total. The van der Waals surface area contributed by atoms with Gasteiger partial charge in [-0.2, -0.15) is 4.31 Å². The number of nitrogens with one attached hydrogen (secondary N) is 1. The summed E-state index contributed by atoms with van der Waals surface area (Å²) in [5.74, 6) is -0.159. The molecule has 10 heteroatoms. The second-order valence-electron chi connectivity index (χ2n) is 7.70. The number of anilines is 1. The van der Waals surface area contributed by atoms with Gasteiger partial charge in [-0.1, -0.05) is 25.0 Å². The van der Waals surface area contributed by atoms with E-state index in [-0.39, 0.29) is 10.9 Å². The van der Waals surface area contributed by atoms with E-state index in [0.717, 1.165) is 23.3 Å². The molecule has 0 spiro atoms. The van der Waals surface area contributed by atoms with Gasteiger partial charge in [-0.15, -0.1) is 16.9 Å². The highest BCUT2D eigenvalue weighted by Gasteiger charge is 2.27. The summed E-state index contributed by atoms with van der Waals surface area (Å²) in [4.78, 5) is 13.8. The second-order valence-corrected chi connectivity index (χ2v) is 11.3. The molecule has 1 amide bonds. The zero-order chi connectivity index (χ0) is 22.7. The molecule has 0 radical (unpaired) electrons. The normalized spacial score (nSPS) is 14.7. The number of carbonyl (C=O) groups is 1. The zero-order valence-electron chi connectivity index (χ0n) is 17.8. The molecule has 168 valence electrons. The van der Waals surface area contributed by atoms with E-state index in [9.17, 15) is 13.2 Å². The molecule has 8 nitrogen and oxygen atoms in total. The molecule has 2 heterocycles. The van der Waals surface area contributed by atoms with Crippen molar-refractivity contribution in [2.75, 3.05) is 18.4 Å². The smallest absolute Gasteiger partial charge is 0.322 e. The van der Waals surface area contributed by atoms with Gasteiger partial charge in [0.2, 0.25) is 15.9 Å². The summed E-state index contributed by atoms with van der Waals surface area (Å²) in [5.41, 5.74) is 1.06. The van der Waals surface area contributed by atoms with Crippen LogP contribution in [0.1, 0.15) is 37.0 Å². The fourth-order valence-corrected chi connectivity index (χ4v) is 5.80. The van der Waals surface area contributed by atoms with E-state index in [2.05, 4.69) is 29.4 Å². The molecule has 0 saturated carbocycles. The first-order valence-corrected chi connectivity index (χ1v) is 12.7. The molecule has 3 aromatic rings. The summed E-state index contributed by atoms with van der Waals surface area (Å²) < 4.78 is 32.3. The molecule has 1 aliphatic heterocycles. The average Bonchev–Trinajstić information content (AvgIpc) is 3.46. The third-order valence-corrected chi connectivity index (χ3v) is 7.83. The Bertz CT molecular complexity index is 1200. The number of carbonyl (C=O) groups excluding carboxylic acids is 1. The third-order valence-electron chi connectivity index (χ3n) is 4.92. The van der Waals surface area contributed by atoms with Gasteiger partial charge in [0.1, 0.15) is 0 Å². The van der Waals surface area contributed by atoms with Crippen LogP contribution in [0.15, 0.2) is 62.7 Å². The molecule has 0 bridgehead atoms. The van der Waals surface area contributed by atoms with Crippen LogP contribution in [0.3, 0.4) is 0 Å². The molecule has 32 heavy (non-hydrogen) atoms. The van der Waals surface area contributed by atoms with Crippen molar-refractivity contribution in [2.45, 2.75) is 41.7 Å². The minimum atomic E-state index is -3.52. The Hall–Kier alpha value is -2.69. The van der Waals surface area contributed by atoms with Gasteiger partial charge in [0.15, 0.2) is 0 Å². The highest BCUT2D eigenvalue weighted by Crippen LogP contribution is 2.28. The fourth-order valence-electron chi connectivity index (χ4n) is 3.39. The van der Waals surface area contributed by atoms with E-state index < -0.39 is 15.9 Å². The number of nitrogens with zero attached hydrogens (tertiary/aromatic N) is 3. The maximum atomic E-state index is 12.6. The standard InChI is InChI=1S/C22H24N4O4S2/c1-15(2)31-18-7-5-6-17(14-18)21-24-25-22(30-21)23-20(27)16-8-10-19(11-9-16)32(28,29)26-12-3-4-13-26/h5-11,14-15H,3-4,12-13H2,1-2H3,(H,23,25,27). The maximum Gasteiger partial charge on any atom is 0.322 e. The van der Waals surface area contributed by atoms with Crippen LogP contribution >= 0.6 is 11.8 Å². The lowest BCUT2D eigenvalue weighted by atomic mass is 10.2. The van der Waals surface area contributed by atoms with Gasteiger partial charge in [0.05, 0.1) is 4.90 Å². The molecule has 0 atom stereocenters. The van der Waals surface area contributed by atoms with Crippen LogP contribution in [0.5, 0.6) is 0 Å². The fraction of sp³-hybridized carbons (Fsp3) is 0.318. The van der Waals surface area contributed by atoms with Crippen molar-refractivity contribution < 1.29 is 17.6 Å². The molecule has 4 rings (SSSR count). The Balaban J connectivity index is 1.44. The SMILES string of the molecule is CC(C)Sc1cccc(-c2nnc(NC(=O)c3ccc(S(=O)(=O)N4CCCC4)cc3)o2)c1. The number of benzene rings is 2. The topological polar surface area (TPSA) is 105 Å². The summed E-state index contributed by atoms with van der Waals surface area (Å²) in [5, 5.41) is 10.9. The van der Waals surface area contributed by atoms with Gasteiger partial charge in [0.25, 0.3) is 5.91 Å². The number of hydrogen-bond donors (Lipinski definition) is 1. The van der Waals surface area contributed by atoms with Gasteiger partial charge in [-0.3, -0.25) is 10.1 Å². The molecule has 1 aromatic heterocycles. The second kappa shape index (κ2) is 9.43. The number of thioether (sulfide) groups is 1. The molecule has 0 aliphatic carbocycles. The molecule has 0 unspecified atom stereocenters. The van der Waals surface area contributed by atoms with Crippen molar-refractivity contribution in [1.82, 2.24) is 14.5 Å². The van der Waals surface area contributed by atoms with Gasteiger partial charge < -0.3 is 4.42 Å². The van der Waals surface area contributed by atoms with Crippen LogP contribution in [0.2, 0.25) is 0 Å². The summed E-state index contributed by atoms with van der Waals surface area (Å²) in [6, 6.07) is 13.6. The number of aromatic nitrogens is 2. The van der Waals surface area contributed by atoms with Crippen LogP contribution in [0.4, 0.5) is 6.01 Å². The lowest BCUT2D eigenvalue weighted by Gasteiger charge is -2.15. The third kappa shape index (κ3) is 5.03. The molecular formula is C22H24N4O4S2. The maximum absolute atomic E-state index is 12.6. The predicted molar refractivity (Wildman–Crippen MR) is 123 cm³/mol. The van der Waals surface area contributed by atoms with E-state index in [4.69, 9.17) is 4.42 Å². The number of rotatable bonds is 7. The molecule has 2 aromatic carbocycles. The van der Waals surface area contributed by atoms with Crippen LogP contribution in [-0.2, 0) is 10.0 Å². The van der Waals surface area contributed by atoms with Gasteiger partial charge >= 0.3 is 6.01 Å². The van der Waals surface area contributed by atoms with Gasteiger partial charge in [-0.05, 0) is 55.3 Å². The Labute approximate surface area is 191 Å². The van der Waals surface area contributed by atoms with Crippen molar-refractivity contribution in [3.8, 4) is 11.5 Å². The van der Waals surface area contributed by atoms with Crippen molar-refractivity contribution in [3.05, 3.63) is 54.1 Å². The first kappa shape index (κ1) is 22.5. The summed E-state index contributed by atoms with van der Waals surface area (Å²) in [6.45, 7) is 5.30. The largest absolute Gasteiger partial charge is 0.403 e. The van der Waals surface area contributed by atoms with Crippen molar-refractivity contribution in [3.63, 3.8) is 0 Å².